The molecule has 2 saturated heterocycles. The van der Waals surface area contributed by atoms with Crippen molar-refractivity contribution in [3.05, 3.63) is 53.6 Å². The maximum Gasteiger partial charge on any atom is 0.229 e. The first-order valence-corrected chi connectivity index (χ1v) is 12.2. The molecule has 0 unspecified atom stereocenters. The summed E-state index contributed by atoms with van der Waals surface area (Å²) in [6, 6.07) is 10.7. The summed E-state index contributed by atoms with van der Waals surface area (Å²) in [4.78, 5) is 0. The summed E-state index contributed by atoms with van der Waals surface area (Å²) in [6.45, 7) is -1.29. The van der Waals surface area contributed by atoms with E-state index in [4.69, 9.17) is 18.9 Å². The average Bonchev–Trinajstić information content (AvgIpc) is 2.93. The Bertz CT molecular complexity index is 1050. The van der Waals surface area contributed by atoms with Crippen LogP contribution < -0.4 is 9.47 Å². The lowest BCUT2D eigenvalue weighted by atomic mass is 9.99. The summed E-state index contributed by atoms with van der Waals surface area (Å²) in [5, 5.41) is 89.4. The molecule has 0 amide bonds. The van der Waals surface area contributed by atoms with Crippen molar-refractivity contribution in [3.63, 3.8) is 0 Å². The number of aromatic hydroxyl groups is 1. The number of hydrogen-bond donors (Lipinski definition) is 9. The summed E-state index contributed by atoms with van der Waals surface area (Å²) < 4.78 is 22.3. The normalized spacial score (nSPS) is 35.2. The molecule has 0 spiro atoms. The molecule has 214 valence electrons. The Morgan fingerprint density at radius 2 is 1.03 bits per heavy atom. The van der Waals surface area contributed by atoms with E-state index in [-0.39, 0.29) is 17.2 Å². The molecule has 0 aromatic heterocycles. The molecule has 0 bridgehead atoms. The van der Waals surface area contributed by atoms with E-state index in [9.17, 15) is 46.0 Å². The fourth-order valence-electron chi connectivity index (χ4n) is 4.20. The van der Waals surface area contributed by atoms with Crippen LogP contribution in [0.3, 0.4) is 0 Å². The van der Waals surface area contributed by atoms with E-state index in [1.807, 2.05) is 0 Å². The molecule has 0 aliphatic carbocycles. The Morgan fingerprint density at radius 1 is 0.590 bits per heavy atom. The highest BCUT2D eigenvalue weighted by molar-refractivity contribution is 5.71. The van der Waals surface area contributed by atoms with Crippen LogP contribution in [0.25, 0.3) is 12.2 Å². The second-order valence-corrected chi connectivity index (χ2v) is 9.29. The molecule has 39 heavy (non-hydrogen) atoms. The topological polar surface area (TPSA) is 219 Å². The van der Waals surface area contributed by atoms with Gasteiger partial charge in [-0.25, -0.2) is 0 Å². The van der Waals surface area contributed by atoms with E-state index in [2.05, 4.69) is 0 Å². The number of aliphatic hydroxyl groups is 8. The van der Waals surface area contributed by atoms with Crippen LogP contribution in [0.1, 0.15) is 11.1 Å². The molecule has 13 nitrogen and oxygen atoms in total. The smallest absolute Gasteiger partial charge is 0.229 e. The van der Waals surface area contributed by atoms with Crippen LogP contribution in [-0.2, 0) is 9.47 Å². The third kappa shape index (κ3) is 6.67. The van der Waals surface area contributed by atoms with E-state index >= 15 is 0 Å². The molecule has 2 aliphatic rings. The van der Waals surface area contributed by atoms with Crippen LogP contribution in [0.4, 0.5) is 0 Å². The van der Waals surface area contributed by atoms with Crippen molar-refractivity contribution in [2.24, 2.45) is 0 Å². The molecular formula is C26H32O13. The van der Waals surface area contributed by atoms with Gasteiger partial charge < -0.3 is 64.9 Å². The fourth-order valence-corrected chi connectivity index (χ4v) is 4.20. The number of rotatable bonds is 8. The van der Waals surface area contributed by atoms with Gasteiger partial charge in [-0.2, -0.15) is 0 Å². The molecular weight excluding hydrogens is 520 g/mol. The maximum absolute atomic E-state index is 10.4. The van der Waals surface area contributed by atoms with Crippen molar-refractivity contribution in [3.8, 4) is 17.2 Å². The molecule has 10 atom stereocenters. The van der Waals surface area contributed by atoms with E-state index in [1.165, 1.54) is 30.3 Å². The van der Waals surface area contributed by atoms with Crippen molar-refractivity contribution in [1.82, 2.24) is 0 Å². The van der Waals surface area contributed by atoms with Crippen LogP contribution in [0.15, 0.2) is 42.5 Å². The molecule has 2 aromatic carbocycles. The van der Waals surface area contributed by atoms with Crippen molar-refractivity contribution < 1.29 is 64.9 Å². The Morgan fingerprint density at radius 3 is 1.46 bits per heavy atom. The lowest BCUT2D eigenvalue weighted by Crippen LogP contribution is -2.60. The minimum absolute atomic E-state index is 0.0479. The Balaban J connectivity index is 1.62. The molecule has 13 heteroatoms. The van der Waals surface area contributed by atoms with E-state index in [1.54, 1.807) is 24.3 Å². The van der Waals surface area contributed by atoms with E-state index in [0.29, 0.717) is 5.56 Å². The van der Waals surface area contributed by atoms with Gasteiger partial charge in [-0.1, -0.05) is 24.3 Å². The predicted octanol–water partition coefficient (Wildman–Crippen LogP) is -2.08. The molecule has 2 aromatic rings. The summed E-state index contributed by atoms with van der Waals surface area (Å²) in [5.41, 5.74) is 1.22. The maximum atomic E-state index is 10.4. The van der Waals surface area contributed by atoms with Crippen LogP contribution in [0.2, 0.25) is 0 Å². The average molecular weight is 553 g/mol. The Labute approximate surface area is 222 Å². The highest BCUT2D eigenvalue weighted by Crippen LogP contribution is 2.31. The number of aliphatic hydroxyl groups excluding tert-OH is 8. The number of phenolic OH excluding ortho intramolecular Hbond substituents is 1. The van der Waals surface area contributed by atoms with Crippen LogP contribution in [0.5, 0.6) is 17.2 Å². The molecule has 0 radical (unpaired) electrons. The highest BCUT2D eigenvalue weighted by atomic mass is 16.7. The summed E-state index contributed by atoms with van der Waals surface area (Å²) in [7, 11) is 0. The van der Waals surface area contributed by atoms with Crippen LogP contribution in [-0.4, -0.2) is 121 Å². The van der Waals surface area contributed by atoms with Gasteiger partial charge in [0.2, 0.25) is 12.6 Å². The minimum atomic E-state index is -1.67. The number of benzene rings is 2. The quantitative estimate of drug-likeness (QED) is 0.161. The van der Waals surface area contributed by atoms with Gasteiger partial charge in [0.15, 0.2) is 0 Å². The standard InChI is InChI=1S/C26H32O13/c27-10-17-19(30)21(32)23(34)25(38-17)36-15-7-13(2-1-12-3-5-14(29)6-4-12)8-16(9-15)37-26-24(35)22(33)20(31)18(11-28)39-26/h1-9,17-35H,10-11H2/b2-1-/t17-,18-,19-,20-,21+,22+,23-,24-,25-,26-/m1/s1. The first-order valence-electron chi connectivity index (χ1n) is 12.2. The third-order valence-corrected chi connectivity index (χ3v) is 6.47. The van der Waals surface area contributed by atoms with Gasteiger partial charge in [0.1, 0.15) is 66.1 Å². The van der Waals surface area contributed by atoms with Gasteiger partial charge in [-0.05, 0) is 35.4 Å². The highest BCUT2D eigenvalue weighted by Gasteiger charge is 2.46. The molecule has 2 heterocycles. The summed E-state index contributed by atoms with van der Waals surface area (Å²) in [6.07, 6.45) is -11.8. The van der Waals surface area contributed by atoms with Crippen LogP contribution in [0, 0.1) is 0 Å². The first-order chi connectivity index (χ1) is 18.6. The summed E-state index contributed by atoms with van der Waals surface area (Å²) >= 11 is 0. The lowest BCUT2D eigenvalue weighted by molar-refractivity contribution is -0.278. The first kappa shape index (κ1) is 29.2. The molecule has 2 fully saturated rings. The molecule has 9 N–H and O–H groups in total. The Hall–Kier alpha value is -2.82. The zero-order valence-corrected chi connectivity index (χ0v) is 20.5. The zero-order chi connectivity index (χ0) is 28.3. The van der Waals surface area contributed by atoms with E-state index < -0.39 is 74.6 Å². The van der Waals surface area contributed by atoms with Crippen molar-refractivity contribution in [1.29, 1.82) is 0 Å². The largest absolute Gasteiger partial charge is 0.508 e. The number of ether oxygens (including phenoxy) is 4. The number of hydrogen-bond acceptors (Lipinski definition) is 13. The second kappa shape index (κ2) is 12.6. The predicted molar refractivity (Wildman–Crippen MR) is 132 cm³/mol. The molecule has 2 aliphatic heterocycles. The monoisotopic (exact) mass is 552 g/mol. The fraction of sp³-hybridized carbons (Fsp3) is 0.462. The number of phenols is 1. The van der Waals surface area contributed by atoms with Gasteiger partial charge in [-0.3, -0.25) is 0 Å². The molecule has 0 saturated carbocycles. The molecule has 4 rings (SSSR count). The van der Waals surface area contributed by atoms with Crippen molar-refractivity contribution in [2.75, 3.05) is 13.2 Å². The van der Waals surface area contributed by atoms with Crippen molar-refractivity contribution in [2.45, 2.75) is 61.4 Å². The van der Waals surface area contributed by atoms with Gasteiger partial charge >= 0.3 is 0 Å². The van der Waals surface area contributed by atoms with Gasteiger partial charge in [0.25, 0.3) is 0 Å². The second-order valence-electron chi connectivity index (χ2n) is 9.29. The van der Waals surface area contributed by atoms with Gasteiger partial charge in [0.05, 0.1) is 13.2 Å². The van der Waals surface area contributed by atoms with Gasteiger partial charge in [-0.15, -0.1) is 0 Å². The van der Waals surface area contributed by atoms with Crippen molar-refractivity contribution >= 4 is 12.2 Å². The van der Waals surface area contributed by atoms with E-state index in [0.717, 1.165) is 5.56 Å². The third-order valence-electron chi connectivity index (χ3n) is 6.47. The Kier molecular flexibility index (Phi) is 9.40. The van der Waals surface area contributed by atoms with Crippen LogP contribution >= 0.6 is 0 Å². The minimum Gasteiger partial charge on any atom is -0.508 e. The zero-order valence-electron chi connectivity index (χ0n) is 20.5. The lowest BCUT2D eigenvalue weighted by Gasteiger charge is -2.40. The SMILES string of the molecule is OC[C@H]1O[C@@H](Oc2cc(/C=C\c3ccc(O)cc3)cc(O[C@@H]3O[C@H](CO)[C@@H](O)[C@H](O)[C@H]3O)c2)[C@H](O)[C@@H](O)[C@@H]1O. The summed E-state index contributed by atoms with van der Waals surface area (Å²) in [5.74, 6) is 0.191. The van der Waals surface area contributed by atoms with Gasteiger partial charge in [0, 0.05) is 6.07 Å².